The Morgan fingerprint density at radius 1 is 1.04 bits per heavy atom. The van der Waals surface area contributed by atoms with E-state index in [9.17, 15) is 13.2 Å². The summed E-state index contributed by atoms with van der Waals surface area (Å²) in [5.74, 6) is 0.689. The van der Waals surface area contributed by atoms with E-state index in [0.29, 0.717) is 43.3 Å². The van der Waals surface area contributed by atoms with Gasteiger partial charge in [-0.1, -0.05) is 5.21 Å². The Balaban J connectivity index is 1.24. The molecule has 4 heterocycles. The summed E-state index contributed by atoms with van der Waals surface area (Å²) in [6.07, 6.45) is 6.12. The molecule has 28 heavy (non-hydrogen) atoms. The smallest absolute Gasteiger partial charge is 0.243 e. The average Bonchev–Trinajstić information content (AvgIpc) is 3.21. The van der Waals surface area contributed by atoms with Crippen LogP contribution in [-0.4, -0.2) is 53.3 Å². The van der Waals surface area contributed by atoms with Gasteiger partial charge in [-0.05, 0) is 48.9 Å². The SMILES string of the molecule is O=C1CCc2cc(S(=O)(=O)N3CC(n4cc(C5CC5)nn4)C3)cc3c2N1CC3. The van der Waals surface area contributed by atoms with Crippen LogP contribution in [0.25, 0.3) is 0 Å². The zero-order valence-electron chi connectivity index (χ0n) is 15.4. The second kappa shape index (κ2) is 5.64. The maximum atomic E-state index is 13.1. The van der Waals surface area contributed by atoms with E-state index in [2.05, 4.69) is 10.3 Å². The lowest BCUT2D eigenvalue weighted by molar-refractivity contribution is -0.118. The van der Waals surface area contributed by atoms with E-state index in [4.69, 9.17) is 0 Å². The molecule has 9 heteroatoms. The lowest BCUT2D eigenvalue weighted by Crippen LogP contribution is -2.50. The van der Waals surface area contributed by atoms with Gasteiger partial charge in [-0.15, -0.1) is 5.10 Å². The van der Waals surface area contributed by atoms with Gasteiger partial charge in [-0.3, -0.25) is 4.79 Å². The number of rotatable bonds is 4. The van der Waals surface area contributed by atoms with Gasteiger partial charge in [0.1, 0.15) is 0 Å². The van der Waals surface area contributed by atoms with Crippen molar-refractivity contribution in [2.45, 2.75) is 49.0 Å². The number of amides is 1. The predicted octanol–water partition coefficient (Wildman–Crippen LogP) is 1.24. The molecule has 1 saturated carbocycles. The standard InChI is InChI=1S/C19H21N5O3S/c25-18-4-3-13-7-16(8-14-5-6-23(18)19(13)14)28(26,27)22-9-15(10-22)24-11-17(20-21-24)12-1-2-12/h7-8,11-12,15H,1-6,9-10H2. The van der Waals surface area contributed by atoms with Crippen molar-refractivity contribution in [2.24, 2.45) is 0 Å². The summed E-state index contributed by atoms with van der Waals surface area (Å²) in [7, 11) is -3.53. The highest BCUT2D eigenvalue weighted by Gasteiger charge is 2.40. The molecule has 8 nitrogen and oxygen atoms in total. The van der Waals surface area contributed by atoms with Gasteiger partial charge in [0.25, 0.3) is 0 Å². The summed E-state index contributed by atoms with van der Waals surface area (Å²) >= 11 is 0. The molecular formula is C19H21N5O3S. The van der Waals surface area contributed by atoms with Crippen molar-refractivity contribution in [1.29, 1.82) is 0 Å². The summed E-state index contributed by atoms with van der Waals surface area (Å²) in [6, 6.07) is 3.59. The van der Waals surface area contributed by atoms with Gasteiger partial charge >= 0.3 is 0 Å². The summed E-state index contributed by atoms with van der Waals surface area (Å²) in [5, 5.41) is 8.42. The fourth-order valence-electron chi connectivity index (χ4n) is 4.54. The van der Waals surface area contributed by atoms with Crippen molar-refractivity contribution in [3.63, 3.8) is 0 Å². The number of benzene rings is 1. The largest absolute Gasteiger partial charge is 0.312 e. The molecule has 0 radical (unpaired) electrons. The third kappa shape index (κ3) is 2.39. The first-order valence-electron chi connectivity index (χ1n) is 9.89. The van der Waals surface area contributed by atoms with Crippen LogP contribution in [0.1, 0.15) is 48.0 Å². The molecule has 4 aliphatic rings. The lowest BCUT2D eigenvalue weighted by atomic mass is 10.00. The van der Waals surface area contributed by atoms with Gasteiger partial charge in [-0.2, -0.15) is 4.31 Å². The Morgan fingerprint density at radius 3 is 2.54 bits per heavy atom. The van der Waals surface area contributed by atoms with Crippen LogP contribution >= 0.6 is 0 Å². The highest BCUT2D eigenvalue weighted by Crippen LogP contribution is 2.41. The van der Waals surface area contributed by atoms with Crippen LogP contribution in [0.3, 0.4) is 0 Å². The quantitative estimate of drug-likeness (QED) is 0.772. The Labute approximate surface area is 163 Å². The molecule has 1 aromatic carbocycles. The van der Waals surface area contributed by atoms with Crippen LogP contribution in [0.4, 0.5) is 5.69 Å². The molecule has 1 aromatic heterocycles. The number of hydrogen-bond donors (Lipinski definition) is 0. The van der Waals surface area contributed by atoms with Crippen LogP contribution in [0.2, 0.25) is 0 Å². The highest BCUT2D eigenvalue weighted by atomic mass is 32.2. The molecule has 0 bridgehead atoms. The normalized spacial score (nSPS) is 22.4. The van der Waals surface area contributed by atoms with E-state index in [-0.39, 0.29) is 11.9 Å². The van der Waals surface area contributed by atoms with Gasteiger partial charge in [0.05, 0.1) is 22.3 Å². The molecule has 0 unspecified atom stereocenters. The zero-order chi connectivity index (χ0) is 19.0. The van der Waals surface area contributed by atoms with Gasteiger partial charge in [0.2, 0.25) is 15.9 Å². The van der Waals surface area contributed by atoms with E-state index < -0.39 is 10.0 Å². The van der Waals surface area contributed by atoms with Gasteiger partial charge in [0.15, 0.2) is 0 Å². The van der Waals surface area contributed by atoms with E-state index in [0.717, 1.165) is 28.9 Å². The van der Waals surface area contributed by atoms with E-state index >= 15 is 0 Å². The molecule has 1 saturated heterocycles. The number of sulfonamides is 1. The van der Waals surface area contributed by atoms with Crippen molar-refractivity contribution in [3.8, 4) is 0 Å². The third-order valence-electron chi connectivity index (χ3n) is 6.39. The average molecular weight is 399 g/mol. The molecular weight excluding hydrogens is 378 g/mol. The van der Waals surface area contributed by atoms with E-state index in [1.54, 1.807) is 12.1 Å². The molecule has 1 amide bonds. The minimum atomic E-state index is -3.53. The Kier molecular flexibility index (Phi) is 3.36. The molecule has 2 aromatic rings. The Morgan fingerprint density at radius 2 is 1.79 bits per heavy atom. The second-order valence-electron chi connectivity index (χ2n) is 8.26. The van der Waals surface area contributed by atoms with Crippen molar-refractivity contribution in [2.75, 3.05) is 24.5 Å². The molecule has 0 N–H and O–H groups in total. The van der Waals surface area contributed by atoms with Crippen LogP contribution < -0.4 is 4.90 Å². The lowest BCUT2D eigenvalue weighted by Gasteiger charge is -2.37. The number of hydrogen-bond acceptors (Lipinski definition) is 5. The summed E-state index contributed by atoms with van der Waals surface area (Å²) in [6.45, 7) is 1.51. The van der Waals surface area contributed by atoms with Crippen LogP contribution in [0.15, 0.2) is 23.2 Å². The minimum absolute atomic E-state index is 0.0515. The first-order valence-corrected chi connectivity index (χ1v) is 11.3. The highest BCUT2D eigenvalue weighted by molar-refractivity contribution is 7.89. The van der Waals surface area contributed by atoms with Gasteiger partial charge < -0.3 is 4.90 Å². The summed E-state index contributed by atoms with van der Waals surface area (Å²) < 4.78 is 29.6. The minimum Gasteiger partial charge on any atom is -0.312 e. The van der Waals surface area contributed by atoms with Crippen molar-refractivity contribution < 1.29 is 13.2 Å². The number of carbonyl (C=O) groups is 1. The number of nitrogens with zero attached hydrogens (tertiary/aromatic N) is 5. The Hall–Kier alpha value is -2.26. The van der Waals surface area contributed by atoms with E-state index in [1.165, 1.54) is 17.1 Å². The van der Waals surface area contributed by atoms with Crippen LogP contribution in [0.5, 0.6) is 0 Å². The maximum absolute atomic E-state index is 13.1. The first-order chi connectivity index (χ1) is 13.5. The number of aromatic nitrogens is 3. The number of carbonyl (C=O) groups excluding carboxylic acids is 1. The van der Waals surface area contributed by atoms with E-state index in [1.807, 2.05) is 15.8 Å². The number of anilines is 1. The first kappa shape index (κ1) is 16.7. The monoisotopic (exact) mass is 399 g/mol. The summed E-state index contributed by atoms with van der Waals surface area (Å²) in [5.41, 5.74) is 3.94. The van der Waals surface area contributed by atoms with Crippen molar-refractivity contribution in [3.05, 3.63) is 35.2 Å². The molecule has 0 atom stereocenters. The fraction of sp³-hybridized carbons (Fsp3) is 0.526. The van der Waals surface area contributed by atoms with Gasteiger partial charge in [0, 0.05) is 38.2 Å². The second-order valence-corrected chi connectivity index (χ2v) is 10.2. The van der Waals surface area contributed by atoms with Crippen LogP contribution in [-0.2, 0) is 27.7 Å². The van der Waals surface area contributed by atoms with Gasteiger partial charge in [-0.25, -0.2) is 13.1 Å². The molecule has 1 aliphatic carbocycles. The predicted molar refractivity (Wildman–Crippen MR) is 101 cm³/mol. The molecule has 0 spiro atoms. The molecule has 2 fully saturated rings. The number of aryl methyl sites for hydroxylation is 1. The Bertz CT molecular complexity index is 1100. The maximum Gasteiger partial charge on any atom is 0.243 e. The third-order valence-corrected chi connectivity index (χ3v) is 8.20. The fourth-order valence-corrected chi connectivity index (χ4v) is 6.16. The van der Waals surface area contributed by atoms with Crippen molar-refractivity contribution >= 4 is 21.6 Å². The molecule has 3 aliphatic heterocycles. The molecule has 146 valence electrons. The summed E-state index contributed by atoms with van der Waals surface area (Å²) in [4.78, 5) is 14.2. The molecule has 6 rings (SSSR count). The topological polar surface area (TPSA) is 88.4 Å². The van der Waals surface area contributed by atoms with Crippen LogP contribution in [0, 0.1) is 0 Å². The van der Waals surface area contributed by atoms with Crippen molar-refractivity contribution in [1.82, 2.24) is 19.3 Å². The zero-order valence-corrected chi connectivity index (χ0v) is 16.2.